The second-order valence-corrected chi connectivity index (χ2v) is 8.61. The van der Waals surface area contributed by atoms with Gasteiger partial charge in [0.1, 0.15) is 0 Å². The maximum Gasteiger partial charge on any atom is 0.261 e. The molecule has 3 rings (SSSR count). The normalized spacial score (nSPS) is 15.7. The van der Waals surface area contributed by atoms with E-state index in [1.165, 1.54) is 0 Å². The average Bonchev–Trinajstić information content (AvgIpc) is 2.64. The molecule has 0 atom stereocenters. The number of nitrogens with zero attached hydrogens (tertiary/aromatic N) is 1. The van der Waals surface area contributed by atoms with Crippen LogP contribution < -0.4 is 4.72 Å². The third kappa shape index (κ3) is 4.07. The van der Waals surface area contributed by atoms with Crippen LogP contribution in [0.3, 0.4) is 0 Å². The molecule has 0 spiro atoms. The molecule has 2 aromatic carbocycles. The molecule has 0 radical (unpaired) electrons. The number of aryl methyl sites for hydroxylation is 1. The largest absolute Gasteiger partial charge is 0.339 e. The third-order valence-electron chi connectivity index (χ3n) is 4.85. The fourth-order valence-electron chi connectivity index (χ4n) is 3.06. The van der Waals surface area contributed by atoms with Crippen LogP contribution in [0.15, 0.2) is 53.4 Å². The molecule has 2 aromatic rings. The highest BCUT2D eigenvalue weighted by molar-refractivity contribution is 7.92. The molecule has 1 heterocycles. The van der Waals surface area contributed by atoms with Crippen LogP contribution >= 0.6 is 0 Å². The molecular weight excluding hydrogens is 348 g/mol. The summed E-state index contributed by atoms with van der Waals surface area (Å²) < 4.78 is 27.7. The monoisotopic (exact) mass is 372 g/mol. The fourth-order valence-corrected chi connectivity index (χ4v) is 4.21. The molecule has 6 heteroatoms. The molecule has 0 saturated carbocycles. The number of nitrogens with one attached hydrogen (secondary N) is 1. The van der Waals surface area contributed by atoms with E-state index in [-0.39, 0.29) is 10.8 Å². The van der Waals surface area contributed by atoms with Gasteiger partial charge in [0.15, 0.2) is 0 Å². The van der Waals surface area contributed by atoms with E-state index in [0.717, 1.165) is 31.5 Å². The molecule has 0 aromatic heterocycles. The van der Waals surface area contributed by atoms with Crippen LogP contribution in [-0.2, 0) is 10.0 Å². The van der Waals surface area contributed by atoms with Crippen molar-refractivity contribution >= 4 is 21.6 Å². The Morgan fingerprint density at radius 3 is 2.38 bits per heavy atom. The molecule has 1 aliphatic heterocycles. The molecule has 1 amide bonds. The first-order chi connectivity index (χ1) is 12.4. The van der Waals surface area contributed by atoms with Gasteiger partial charge in [-0.3, -0.25) is 9.52 Å². The first-order valence-corrected chi connectivity index (χ1v) is 10.3. The van der Waals surface area contributed by atoms with Crippen LogP contribution in [0.4, 0.5) is 5.69 Å². The third-order valence-corrected chi connectivity index (χ3v) is 6.23. The van der Waals surface area contributed by atoms with Gasteiger partial charge in [-0.25, -0.2) is 8.42 Å². The van der Waals surface area contributed by atoms with E-state index in [0.29, 0.717) is 17.2 Å². The highest BCUT2D eigenvalue weighted by Gasteiger charge is 2.22. The molecular formula is C20H24N2O3S. The van der Waals surface area contributed by atoms with Gasteiger partial charge in [0, 0.05) is 18.7 Å². The van der Waals surface area contributed by atoms with Gasteiger partial charge in [0.2, 0.25) is 0 Å². The number of anilines is 1. The quantitative estimate of drug-likeness (QED) is 0.890. The summed E-state index contributed by atoms with van der Waals surface area (Å²) in [6.07, 6.45) is 2.01. The van der Waals surface area contributed by atoms with Crippen molar-refractivity contribution in [2.75, 3.05) is 17.8 Å². The summed E-state index contributed by atoms with van der Waals surface area (Å²) in [5.74, 6) is 0.599. The zero-order valence-electron chi connectivity index (χ0n) is 15.1. The van der Waals surface area contributed by atoms with Crippen molar-refractivity contribution in [1.82, 2.24) is 4.90 Å². The molecule has 1 aliphatic rings. The van der Waals surface area contributed by atoms with Crippen molar-refractivity contribution in [3.8, 4) is 0 Å². The van der Waals surface area contributed by atoms with Crippen LogP contribution in [0.25, 0.3) is 0 Å². The van der Waals surface area contributed by atoms with E-state index in [2.05, 4.69) is 11.6 Å². The van der Waals surface area contributed by atoms with Crippen LogP contribution in [0, 0.1) is 12.8 Å². The Morgan fingerprint density at radius 1 is 1.08 bits per heavy atom. The lowest BCUT2D eigenvalue weighted by atomic mass is 9.98. The van der Waals surface area contributed by atoms with Gasteiger partial charge in [-0.15, -0.1) is 0 Å². The zero-order chi connectivity index (χ0) is 18.7. The molecule has 26 heavy (non-hydrogen) atoms. The number of rotatable bonds is 4. The Balaban J connectivity index is 1.83. The van der Waals surface area contributed by atoms with Gasteiger partial charge in [-0.2, -0.15) is 0 Å². The number of sulfonamides is 1. The van der Waals surface area contributed by atoms with E-state index >= 15 is 0 Å². The maximum absolute atomic E-state index is 12.8. The van der Waals surface area contributed by atoms with Crippen molar-refractivity contribution < 1.29 is 13.2 Å². The number of amides is 1. The molecule has 138 valence electrons. The molecule has 1 N–H and O–H groups in total. The Labute approximate surface area is 155 Å². The summed E-state index contributed by atoms with van der Waals surface area (Å²) in [6.45, 7) is 5.52. The highest BCUT2D eigenvalue weighted by atomic mass is 32.2. The molecule has 0 aliphatic carbocycles. The Kier molecular flexibility index (Phi) is 5.32. The summed E-state index contributed by atoms with van der Waals surface area (Å²) >= 11 is 0. The standard InChI is InChI=1S/C20H24N2O3S/c1-15-10-12-22(13-11-15)20(23)17-9-8-16(2)19(14-17)21-26(24,25)18-6-4-3-5-7-18/h3-9,14-15,21H,10-13H2,1-2H3. The van der Waals surface area contributed by atoms with E-state index in [9.17, 15) is 13.2 Å². The first-order valence-electron chi connectivity index (χ1n) is 8.84. The highest BCUT2D eigenvalue weighted by Crippen LogP contribution is 2.24. The van der Waals surface area contributed by atoms with Crippen LogP contribution in [0.1, 0.15) is 35.7 Å². The maximum atomic E-state index is 12.8. The average molecular weight is 372 g/mol. The first kappa shape index (κ1) is 18.5. The van der Waals surface area contributed by atoms with Crippen LogP contribution in [0.5, 0.6) is 0 Å². The fraction of sp³-hybridized carbons (Fsp3) is 0.350. The lowest BCUT2D eigenvalue weighted by Gasteiger charge is -2.30. The van der Waals surface area contributed by atoms with E-state index in [1.807, 2.05) is 11.8 Å². The van der Waals surface area contributed by atoms with Crippen molar-refractivity contribution in [1.29, 1.82) is 0 Å². The van der Waals surface area contributed by atoms with Gasteiger partial charge in [-0.1, -0.05) is 31.2 Å². The molecule has 1 saturated heterocycles. The number of benzene rings is 2. The summed E-state index contributed by atoms with van der Waals surface area (Å²) in [7, 11) is -3.69. The summed E-state index contributed by atoms with van der Waals surface area (Å²) in [5.41, 5.74) is 1.72. The van der Waals surface area contributed by atoms with Gasteiger partial charge >= 0.3 is 0 Å². The summed E-state index contributed by atoms with van der Waals surface area (Å²) in [6, 6.07) is 13.4. The Bertz CT molecular complexity index is 887. The second kappa shape index (κ2) is 7.50. The Morgan fingerprint density at radius 2 is 1.73 bits per heavy atom. The van der Waals surface area contributed by atoms with Crippen LogP contribution in [0.2, 0.25) is 0 Å². The predicted octanol–water partition coefficient (Wildman–Crippen LogP) is 3.67. The molecule has 1 fully saturated rings. The lowest BCUT2D eigenvalue weighted by molar-refractivity contribution is 0.0697. The number of hydrogen-bond donors (Lipinski definition) is 1. The van der Waals surface area contributed by atoms with E-state index in [4.69, 9.17) is 0 Å². The summed E-state index contributed by atoms with van der Waals surface area (Å²) in [5, 5.41) is 0. The number of hydrogen-bond acceptors (Lipinski definition) is 3. The Hall–Kier alpha value is -2.34. The van der Waals surface area contributed by atoms with Gasteiger partial charge in [0.25, 0.3) is 15.9 Å². The van der Waals surface area contributed by atoms with Gasteiger partial charge < -0.3 is 4.90 Å². The topological polar surface area (TPSA) is 66.5 Å². The van der Waals surface area contributed by atoms with Crippen molar-refractivity contribution in [2.24, 2.45) is 5.92 Å². The van der Waals surface area contributed by atoms with Crippen molar-refractivity contribution in [2.45, 2.75) is 31.6 Å². The second-order valence-electron chi connectivity index (χ2n) is 6.92. The van der Waals surface area contributed by atoms with Crippen molar-refractivity contribution in [3.63, 3.8) is 0 Å². The minimum atomic E-state index is -3.69. The minimum absolute atomic E-state index is 0.0444. The minimum Gasteiger partial charge on any atom is -0.339 e. The molecule has 5 nitrogen and oxygen atoms in total. The predicted molar refractivity (Wildman–Crippen MR) is 103 cm³/mol. The number of carbonyl (C=O) groups excluding carboxylic acids is 1. The van der Waals surface area contributed by atoms with Crippen molar-refractivity contribution in [3.05, 3.63) is 59.7 Å². The number of likely N-dealkylation sites (tertiary alicyclic amines) is 1. The lowest BCUT2D eigenvalue weighted by Crippen LogP contribution is -2.37. The SMILES string of the molecule is Cc1ccc(C(=O)N2CCC(C)CC2)cc1NS(=O)(=O)c1ccccc1. The smallest absolute Gasteiger partial charge is 0.261 e. The molecule has 0 unspecified atom stereocenters. The zero-order valence-corrected chi connectivity index (χ0v) is 15.9. The number of carbonyl (C=O) groups is 1. The number of piperidine rings is 1. The van der Waals surface area contributed by atoms with Gasteiger partial charge in [-0.05, 0) is 55.5 Å². The van der Waals surface area contributed by atoms with E-state index < -0.39 is 10.0 Å². The van der Waals surface area contributed by atoms with E-state index in [1.54, 1.807) is 48.5 Å². The summed E-state index contributed by atoms with van der Waals surface area (Å²) in [4.78, 5) is 14.8. The van der Waals surface area contributed by atoms with Gasteiger partial charge in [0.05, 0.1) is 10.6 Å². The van der Waals surface area contributed by atoms with Crippen LogP contribution in [-0.4, -0.2) is 32.3 Å². The molecule has 0 bridgehead atoms.